The largest absolute Gasteiger partial charge is 0.467 e. The van der Waals surface area contributed by atoms with E-state index in [4.69, 9.17) is 4.42 Å². The first-order chi connectivity index (χ1) is 13.8. The van der Waals surface area contributed by atoms with Crippen molar-refractivity contribution < 1.29 is 9.21 Å². The average Bonchev–Trinajstić information content (AvgIpc) is 3.22. The first-order valence-electron chi connectivity index (χ1n) is 9.21. The van der Waals surface area contributed by atoms with E-state index in [1.54, 1.807) is 43.5 Å². The number of nitrogens with zero attached hydrogens (tertiary/aromatic N) is 3. The number of nitriles is 1. The molecule has 0 bridgehead atoms. The summed E-state index contributed by atoms with van der Waals surface area (Å²) in [5.41, 5.74) is -0.582. The van der Waals surface area contributed by atoms with Gasteiger partial charge >= 0.3 is 0 Å². The molecule has 0 spiro atoms. The molecular formula is C21H22N4O3S. The maximum absolute atomic E-state index is 13.0. The molecule has 150 valence electrons. The summed E-state index contributed by atoms with van der Waals surface area (Å²) in [7, 11) is 0. The summed E-state index contributed by atoms with van der Waals surface area (Å²) in [6, 6.07) is 12.8. The van der Waals surface area contributed by atoms with Crippen LogP contribution in [-0.2, 0) is 11.3 Å². The third kappa shape index (κ3) is 4.51. The van der Waals surface area contributed by atoms with Crippen molar-refractivity contribution in [3.05, 3.63) is 58.8 Å². The number of carbonyl (C=O) groups is 1. The Balaban J connectivity index is 1.89. The van der Waals surface area contributed by atoms with E-state index >= 15 is 0 Å². The zero-order valence-corrected chi connectivity index (χ0v) is 17.3. The number of para-hydroxylation sites is 1. The fraction of sp³-hybridized carbons (Fsp3) is 0.333. The van der Waals surface area contributed by atoms with Gasteiger partial charge in [-0.3, -0.25) is 14.2 Å². The summed E-state index contributed by atoms with van der Waals surface area (Å²) < 4.78 is 6.88. The van der Waals surface area contributed by atoms with Gasteiger partial charge < -0.3 is 9.73 Å². The van der Waals surface area contributed by atoms with E-state index in [0.717, 1.165) is 11.8 Å². The highest BCUT2D eigenvalue weighted by Gasteiger charge is 2.30. The highest BCUT2D eigenvalue weighted by molar-refractivity contribution is 7.99. The predicted octanol–water partition coefficient (Wildman–Crippen LogP) is 3.18. The molecule has 2 aromatic heterocycles. The van der Waals surface area contributed by atoms with Crippen LogP contribution in [0.25, 0.3) is 10.9 Å². The van der Waals surface area contributed by atoms with E-state index in [0.29, 0.717) is 21.8 Å². The molecule has 0 aliphatic rings. The molecule has 0 aliphatic heterocycles. The van der Waals surface area contributed by atoms with E-state index < -0.39 is 5.54 Å². The third-order valence-electron chi connectivity index (χ3n) is 4.84. The van der Waals surface area contributed by atoms with E-state index in [2.05, 4.69) is 16.4 Å². The lowest BCUT2D eigenvalue weighted by Gasteiger charge is -2.27. The monoisotopic (exact) mass is 410 g/mol. The molecule has 2 heterocycles. The second-order valence-electron chi connectivity index (χ2n) is 7.19. The maximum Gasteiger partial charge on any atom is 0.262 e. The number of thioether (sulfide) groups is 1. The van der Waals surface area contributed by atoms with Crippen LogP contribution in [0.1, 0.15) is 26.5 Å². The standard InChI is InChI=1S/C21H22N4O3S/c1-14(2)21(3,13-22)24-18(26)12-29-20-23-17-9-5-4-8-16(17)19(27)25(20)11-15-7-6-10-28-15/h4-10,14H,11-12H2,1-3H3,(H,24,26)/t21-/m0/s1. The molecule has 0 fully saturated rings. The summed E-state index contributed by atoms with van der Waals surface area (Å²) in [6.07, 6.45) is 1.55. The second-order valence-corrected chi connectivity index (χ2v) is 8.13. The predicted molar refractivity (Wildman–Crippen MR) is 112 cm³/mol. The minimum Gasteiger partial charge on any atom is -0.467 e. The van der Waals surface area contributed by atoms with Crippen LogP contribution in [0.15, 0.2) is 57.0 Å². The van der Waals surface area contributed by atoms with Gasteiger partial charge in [0.1, 0.15) is 11.3 Å². The van der Waals surface area contributed by atoms with Gasteiger partial charge in [0.2, 0.25) is 5.91 Å². The number of hydrogen-bond donors (Lipinski definition) is 1. The molecule has 3 rings (SSSR count). The van der Waals surface area contributed by atoms with Crippen LogP contribution < -0.4 is 10.9 Å². The van der Waals surface area contributed by atoms with Gasteiger partial charge in [-0.05, 0) is 37.1 Å². The number of carbonyl (C=O) groups excluding carboxylic acids is 1. The number of furan rings is 1. The number of fused-ring (bicyclic) bond motifs is 1. The molecule has 0 unspecified atom stereocenters. The Hall–Kier alpha value is -3.05. The van der Waals surface area contributed by atoms with Gasteiger partial charge in [0, 0.05) is 0 Å². The second kappa shape index (κ2) is 8.53. The number of hydrogen-bond acceptors (Lipinski definition) is 6. The molecule has 0 aliphatic carbocycles. The quantitative estimate of drug-likeness (QED) is 0.474. The molecule has 8 heteroatoms. The number of nitrogens with one attached hydrogen (secondary N) is 1. The summed E-state index contributed by atoms with van der Waals surface area (Å²) >= 11 is 1.16. The highest BCUT2D eigenvalue weighted by Crippen LogP contribution is 2.20. The first-order valence-corrected chi connectivity index (χ1v) is 10.2. The van der Waals surface area contributed by atoms with E-state index in [1.807, 2.05) is 19.9 Å². The van der Waals surface area contributed by atoms with Gasteiger partial charge in [0.25, 0.3) is 5.56 Å². The molecule has 0 saturated carbocycles. The van der Waals surface area contributed by atoms with Crippen molar-refractivity contribution in [2.45, 2.75) is 38.0 Å². The molecule has 1 aromatic carbocycles. The zero-order valence-electron chi connectivity index (χ0n) is 16.5. The number of rotatable bonds is 7. The summed E-state index contributed by atoms with van der Waals surface area (Å²) in [5, 5.41) is 13.1. The molecule has 3 aromatic rings. The lowest BCUT2D eigenvalue weighted by molar-refractivity contribution is -0.120. The van der Waals surface area contributed by atoms with E-state index in [1.165, 1.54) is 4.57 Å². The van der Waals surface area contributed by atoms with Crippen LogP contribution in [0.3, 0.4) is 0 Å². The smallest absolute Gasteiger partial charge is 0.262 e. The van der Waals surface area contributed by atoms with Gasteiger partial charge in [-0.2, -0.15) is 5.26 Å². The molecule has 29 heavy (non-hydrogen) atoms. The maximum atomic E-state index is 13.0. The summed E-state index contributed by atoms with van der Waals surface area (Å²) in [6.45, 7) is 5.67. The fourth-order valence-corrected chi connectivity index (χ4v) is 3.51. The minimum atomic E-state index is -0.956. The van der Waals surface area contributed by atoms with Crippen molar-refractivity contribution >= 4 is 28.6 Å². The molecule has 0 saturated heterocycles. The summed E-state index contributed by atoms with van der Waals surface area (Å²) in [5.74, 6) is 0.317. The SMILES string of the molecule is CC(C)[C@](C)(C#N)NC(=O)CSc1nc2ccccc2c(=O)n1Cc1ccco1. The minimum absolute atomic E-state index is 0.0346. The average molecular weight is 410 g/mol. The Morgan fingerprint density at radius 2 is 2.10 bits per heavy atom. The van der Waals surface area contributed by atoms with Crippen molar-refractivity contribution in [2.24, 2.45) is 5.92 Å². The Labute approximate surface area is 172 Å². The van der Waals surface area contributed by atoms with Crippen LogP contribution in [0.2, 0.25) is 0 Å². The zero-order chi connectivity index (χ0) is 21.0. The lowest BCUT2D eigenvalue weighted by Crippen LogP contribution is -2.49. The van der Waals surface area contributed by atoms with Gasteiger partial charge in [-0.15, -0.1) is 0 Å². The van der Waals surface area contributed by atoms with Gasteiger partial charge in [-0.25, -0.2) is 4.98 Å². The Kier molecular flexibility index (Phi) is 6.09. The fourth-order valence-electron chi connectivity index (χ4n) is 2.71. The topological polar surface area (TPSA) is 101 Å². The molecule has 0 radical (unpaired) electrons. The van der Waals surface area contributed by atoms with E-state index in [-0.39, 0.29) is 29.7 Å². The van der Waals surface area contributed by atoms with Gasteiger partial charge in [0.05, 0.1) is 35.5 Å². The lowest BCUT2D eigenvalue weighted by atomic mass is 9.90. The van der Waals surface area contributed by atoms with Crippen molar-refractivity contribution in [3.8, 4) is 6.07 Å². The Morgan fingerprint density at radius 1 is 1.34 bits per heavy atom. The Morgan fingerprint density at radius 3 is 2.76 bits per heavy atom. The molecule has 1 amide bonds. The normalized spacial score (nSPS) is 13.2. The molecular weight excluding hydrogens is 388 g/mol. The van der Waals surface area contributed by atoms with Crippen molar-refractivity contribution in [1.82, 2.24) is 14.9 Å². The molecule has 7 nitrogen and oxygen atoms in total. The molecule has 1 N–H and O–H groups in total. The van der Waals surface area contributed by atoms with Crippen molar-refractivity contribution in [1.29, 1.82) is 5.26 Å². The highest BCUT2D eigenvalue weighted by atomic mass is 32.2. The first kappa shape index (κ1) is 20.7. The van der Waals surface area contributed by atoms with Crippen LogP contribution in [-0.4, -0.2) is 26.8 Å². The van der Waals surface area contributed by atoms with Crippen LogP contribution in [0.5, 0.6) is 0 Å². The van der Waals surface area contributed by atoms with E-state index in [9.17, 15) is 14.9 Å². The van der Waals surface area contributed by atoms with Crippen LogP contribution >= 0.6 is 11.8 Å². The number of aromatic nitrogens is 2. The third-order valence-corrected chi connectivity index (χ3v) is 5.82. The summed E-state index contributed by atoms with van der Waals surface area (Å²) in [4.78, 5) is 30.0. The number of benzene rings is 1. The van der Waals surface area contributed by atoms with Crippen LogP contribution in [0, 0.1) is 17.2 Å². The number of amides is 1. The van der Waals surface area contributed by atoms with Crippen molar-refractivity contribution in [2.75, 3.05) is 5.75 Å². The molecule has 1 atom stereocenters. The Bertz CT molecular complexity index is 1120. The van der Waals surface area contributed by atoms with Gasteiger partial charge in [0.15, 0.2) is 5.16 Å². The van der Waals surface area contributed by atoms with Crippen LogP contribution in [0.4, 0.5) is 0 Å². The van der Waals surface area contributed by atoms with Crippen molar-refractivity contribution in [3.63, 3.8) is 0 Å². The van der Waals surface area contributed by atoms with Gasteiger partial charge in [-0.1, -0.05) is 37.7 Å².